The van der Waals surface area contributed by atoms with Gasteiger partial charge in [-0.2, -0.15) is 0 Å². The molecule has 23 heavy (non-hydrogen) atoms. The lowest BCUT2D eigenvalue weighted by Gasteiger charge is -2.12. The number of hydrogen-bond donors (Lipinski definition) is 5. The van der Waals surface area contributed by atoms with Crippen LogP contribution < -0.4 is 21.9 Å². The van der Waals surface area contributed by atoms with E-state index in [0.29, 0.717) is 21.4 Å². The molecule has 6 N–H and O–H groups in total. The Bertz CT molecular complexity index is 770. The molecule has 0 atom stereocenters. The van der Waals surface area contributed by atoms with Gasteiger partial charge in [-0.1, -0.05) is 23.2 Å². The SMILES string of the molecule is Nc1ccc(C(=O)NNC(=S)Nc2ccc(Cl)c(Cl)c2)c(O)c1. The van der Waals surface area contributed by atoms with E-state index >= 15 is 0 Å². The van der Waals surface area contributed by atoms with Crippen molar-refractivity contribution < 1.29 is 9.90 Å². The number of anilines is 2. The monoisotopic (exact) mass is 370 g/mol. The van der Waals surface area contributed by atoms with Crippen LogP contribution in [0.3, 0.4) is 0 Å². The summed E-state index contributed by atoms with van der Waals surface area (Å²) in [6.07, 6.45) is 0. The molecule has 2 rings (SSSR count). The van der Waals surface area contributed by atoms with Crippen LogP contribution >= 0.6 is 35.4 Å². The maximum absolute atomic E-state index is 11.9. The van der Waals surface area contributed by atoms with Crippen LogP contribution in [0.25, 0.3) is 0 Å². The van der Waals surface area contributed by atoms with Crippen LogP contribution in [0.4, 0.5) is 11.4 Å². The number of hydrogen-bond acceptors (Lipinski definition) is 4. The highest BCUT2D eigenvalue weighted by Gasteiger charge is 2.11. The molecule has 0 radical (unpaired) electrons. The lowest BCUT2D eigenvalue weighted by molar-refractivity contribution is 0.0941. The number of thiocarbonyl (C=S) groups is 1. The number of nitrogens with one attached hydrogen (secondary N) is 3. The summed E-state index contributed by atoms with van der Waals surface area (Å²) < 4.78 is 0. The van der Waals surface area contributed by atoms with E-state index in [-0.39, 0.29) is 16.4 Å². The Morgan fingerprint density at radius 3 is 2.48 bits per heavy atom. The van der Waals surface area contributed by atoms with Crippen LogP contribution in [0.5, 0.6) is 5.75 Å². The molecule has 0 bridgehead atoms. The van der Waals surface area contributed by atoms with Crippen molar-refractivity contribution in [3.8, 4) is 5.75 Å². The molecule has 0 aromatic heterocycles. The maximum Gasteiger partial charge on any atom is 0.273 e. The Balaban J connectivity index is 1.93. The van der Waals surface area contributed by atoms with Gasteiger partial charge in [0.05, 0.1) is 15.6 Å². The van der Waals surface area contributed by atoms with E-state index < -0.39 is 5.91 Å². The van der Waals surface area contributed by atoms with E-state index in [2.05, 4.69) is 16.2 Å². The van der Waals surface area contributed by atoms with Gasteiger partial charge in [0.1, 0.15) is 5.75 Å². The molecule has 1 amide bonds. The first kappa shape index (κ1) is 17.1. The molecule has 6 nitrogen and oxygen atoms in total. The minimum Gasteiger partial charge on any atom is -0.507 e. The number of rotatable bonds is 2. The summed E-state index contributed by atoms with van der Waals surface area (Å²) in [6, 6.07) is 9.06. The third-order valence-corrected chi connectivity index (χ3v) is 3.68. The first-order chi connectivity index (χ1) is 10.9. The molecule has 0 fully saturated rings. The van der Waals surface area contributed by atoms with Gasteiger partial charge in [-0.25, -0.2) is 0 Å². The molecule has 0 heterocycles. The number of hydrazine groups is 1. The zero-order valence-corrected chi connectivity index (χ0v) is 13.9. The Hall–Kier alpha value is -2.22. The number of nitrogen functional groups attached to an aromatic ring is 1. The smallest absolute Gasteiger partial charge is 0.273 e. The van der Waals surface area contributed by atoms with Gasteiger partial charge in [0, 0.05) is 17.4 Å². The molecule has 0 saturated carbocycles. The molecule has 0 spiro atoms. The second-order valence-corrected chi connectivity index (χ2v) is 5.66. The van der Waals surface area contributed by atoms with Crippen LogP contribution in [-0.2, 0) is 0 Å². The standard InChI is InChI=1S/C14H12Cl2N4O2S/c15-10-4-2-8(6-11(10)16)18-14(23)20-19-13(22)9-3-1-7(17)5-12(9)21/h1-6,21H,17H2,(H,19,22)(H2,18,20,23). The molecule has 9 heteroatoms. The third-order valence-electron chi connectivity index (χ3n) is 2.73. The summed E-state index contributed by atoms with van der Waals surface area (Å²) >= 11 is 16.7. The van der Waals surface area contributed by atoms with Gasteiger partial charge in [-0.05, 0) is 42.5 Å². The van der Waals surface area contributed by atoms with Crippen molar-refractivity contribution in [1.82, 2.24) is 10.9 Å². The van der Waals surface area contributed by atoms with E-state index in [1.807, 2.05) is 0 Å². The predicted octanol–water partition coefficient (Wildman–Crippen LogP) is 2.91. The second kappa shape index (κ2) is 7.36. The van der Waals surface area contributed by atoms with Crippen molar-refractivity contribution in [2.75, 3.05) is 11.1 Å². The lowest BCUT2D eigenvalue weighted by atomic mass is 10.2. The van der Waals surface area contributed by atoms with Crippen LogP contribution in [0, 0.1) is 0 Å². The third kappa shape index (κ3) is 4.62. The fourth-order valence-electron chi connectivity index (χ4n) is 1.66. The highest BCUT2D eigenvalue weighted by Crippen LogP contribution is 2.25. The van der Waals surface area contributed by atoms with Crippen molar-refractivity contribution in [2.24, 2.45) is 0 Å². The van der Waals surface area contributed by atoms with Gasteiger partial charge in [0.2, 0.25) is 0 Å². The minimum atomic E-state index is -0.569. The first-order valence-corrected chi connectivity index (χ1v) is 7.44. The Labute approximate surface area is 147 Å². The van der Waals surface area contributed by atoms with Gasteiger partial charge in [0.15, 0.2) is 5.11 Å². The van der Waals surface area contributed by atoms with E-state index in [9.17, 15) is 9.90 Å². The molecule has 120 valence electrons. The molecule has 0 aliphatic carbocycles. The zero-order valence-electron chi connectivity index (χ0n) is 11.6. The predicted molar refractivity (Wildman–Crippen MR) is 95.8 cm³/mol. The Morgan fingerprint density at radius 2 is 1.83 bits per heavy atom. The van der Waals surface area contributed by atoms with Gasteiger partial charge in [-0.3, -0.25) is 15.6 Å². The van der Waals surface area contributed by atoms with Gasteiger partial charge < -0.3 is 16.2 Å². The van der Waals surface area contributed by atoms with E-state index in [1.54, 1.807) is 18.2 Å². The number of benzene rings is 2. The normalized spacial score (nSPS) is 10.0. The van der Waals surface area contributed by atoms with Gasteiger partial charge in [-0.15, -0.1) is 0 Å². The van der Waals surface area contributed by atoms with Crippen LogP contribution in [0.2, 0.25) is 10.0 Å². The average molecular weight is 371 g/mol. The number of phenolic OH excluding ortho intramolecular Hbond substituents is 1. The highest BCUT2D eigenvalue weighted by atomic mass is 35.5. The average Bonchev–Trinajstić information content (AvgIpc) is 2.48. The van der Waals surface area contributed by atoms with Crippen molar-refractivity contribution in [3.63, 3.8) is 0 Å². The van der Waals surface area contributed by atoms with E-state index in [1.165, 1.54) is 18.2 Å². The summed E-state index contributed by atoms with van der Waals surface area (Å²) in [5.41, 5.74) is 11.4. The number of nitrogens with two attached hydrogens (primary N) is 1. The summed E-state index contributed by atoms with van der Waals surface area (Å²) in [6.45, 7) is 0. The van der Waals surface area contributed by atoms with Crippen molar-refractivity contribution in [3.05, 3.63) is 52.0 Å². The molecule has 2 aromatic carbocycles. The number of amides is 1. The van der Waals surface area contributed by atoms with Crippen LogP contribution in [0.1, 0.15) is 10.4 Å². The molecule has 0 aliphatic rings. The Morgan fingerprint density at radius 1 is 1.09 bits per heavy atom. The van der Waals surface area contributed by atoms with Crippen molar-refractivity contribution >= 4 is 57.8 Å². The van der Waals surface area contributed by atoms with Crippen LogP contribution in [-0.4, -0.2) is 16.1 Å². The topological polar surface area (TPSA) is 99.4 Å². The summed E-state index contributed by atoms with van der Waals surface area (Å²) in [5, 5.41) is 13.4. The number of aromatic hydroxyl groups is 1. The van der Waals surface area contributed by atoms with Gasteiger partial charge >= 0.3 is 0 Å². The van der Waals surface area contributed by atoms with E-state index in [4.69, 9.17) is 41.2 Å². The van der Waals surface area contributed by atoms with Crippen molar-refractivity contribution in [2.45, 2.75) is 0 Å². The quantitative estimate of drug-likeness (QED) is 0.316. The largest absolute Gasteiger partial charge is 0.507 e. The molecular weight excluding hydrogens is 359 g/mol. The molecular formula is C14H12Cl2N4O2S. The minimum absolute atomic E-state index is 0.0593. The maximum atomic E-state index is 11.9. The van der Waals surface area contributed by atoms with Gasteiger partial charge in [0.25, 0.3) is 5.91 Å². The van der Waals surface area contributed by atoms with Crippen molar-refractivity contribution in [1.29, 1.82) is 0 Å². The lowest BCUT2D eigenvalue weighted by Crippen LogP contribution is -2.43. The molecule has 0 aliphatic heterocycles. The number of carbonyl (C=O) groups excluding carboxylic acids is 1. The Kier molecular flexibility index (Phi) is 5.49. The molecule has 0 unspecified atom stereocenters. The summed E-state index contributed by atoms with van der Waals surface area (Å²) in [5.74, 6) is -0.798. The fourth-order valence-corrected chi connectivity index (χ4v) is 2.12. The molecule has 2 aromatic rings. The highest BCUT2D eigenvalue weighted by molar-refractivity contribution is 7.80. The molecule has 0 saturated heterocycles. The summed E-state index contributed by atoms with van der Waals surface area (Å²) in [4.78, 5) is 11.9. The summed E-state index contributed by atoms with van der Waals surface area (Å²) in [7, 11) is 0. The second-order valence-electron chi connectivity index (χ2n) is 4.44. The zero-order chi connectivity index (χ0) is 17.0. The number of halogens is 2. The number of phenols is 1. The van der Waals surface area contributed by atoms with Crippen LogP contribution in [0.15, 0.2) is 36.4 Å². The fraction of sp³-hybridized carbons (Fsp3) is 0. The number of carbonyl (C=O) groups is 1. The van der Waals surface area contributed by atoms with E-state index in [0.717, 1.165) is 0 Å². The first-order valence-electron chi connectivity index (χ1n) is 6.27.